The maximum absolute atomic E-state index is 13.4. The van der Waals surface area contributed by atoms with E-state index >= 15 is 0 Å². The van der Waals surface area contributed by atoms with Crippen molar-refractivity contribution in [1.82, 2.24) is 15.4 Å². The molecule has 4 aromatic rings. The van der Waals surface area contributed by atoms with Crippen LogP contribution in [0, 0.1) is 5.82 Å². The number of nitrogens with one attached hydrogen (secondary N) is 3. The molecule has 222 valence electrons. The van der Waals surface area contributed by atoms with Crippen molar-refractivity contribution in [2.45, 2.75) is 31.1 Å². The maximum Gasteiger partial charge on any atom is 0.355 e. The van der Waals surface area contributed by atoms with Crippen molar-refractivity contribution >= 4 is 33.3 Å². The number of benzene rings is 2. The fourth-order valence-corrected chi connectivity index (χ4v) is 4.78. The van der Waals surface area contributed by atoms with E-state index in [1.807, 2.05) is 11.6 Å². The lowest BCUT2D eigenvalue weighted by Gasteiger charge is -2.35. The van der Waals surface area contributed by atoms with Gasteiger partial charge in [0.2, 0.25) is 0 Å². The van der Waals surface area contributed by atoms with Crippen LogP contribution in [-0.2, 0) is 20.2 Å². The Hall–Kier alpha value is -4.57. The van der Waals surface area contributed by atoms with Crippen molar-refractivity contribution < 1.29 is 40.4 Å². The van der Waals surface area contributed by atoms with Crippen LogP contribution >= 0.6 is 0 Å². The predicted molar refractivity (Wildman–Crippen MR) is 144 cm³/mol. The van der Waals surface area contributed by atoms with Crippen LogP contribution in [0.15, 0.2) is 53.1 Å². The molecule has 0 aliphatic carbocycles. The van der Waals surface area contributed by atoms with Gasteiger partial charge < -0.3 is 25.0 Å². The number of hydrogen-bond acceptors (Lipinski definition) is 9. The zero-order chi connectivity index (χ0) is 30.2. The molecule has 0 radical (unpaired) electrons. The quantitative estimate of drug-likeness (QED) is 0.192. The van der Waals surface area contributed by atoms with E-state index in [0.717, 1.165) is 0 Å². The van der Waals surface area contributed by atoms with E-state index < -0.39 is 33.6 Å². The average Bonchev–Trinajstić information content (AvgIpc) is 3.56. The molecular weight excluding hydrogens is 581 g/mol. The summed E-state index contributed by atoms with van der Waals surface area (Å²) in [6, 6.07) is 10.8. The third-order valence-corrected chi connectivity index (χ3v) is 7.57. The Kier molecular flexibility index (Phi) is 7.59. The van der Waals surface area contributed by atoms with Gasteiger partial charge in [-0.15, -0.1) is 0 Å². The molecule has 1 fully saturated rings. The van der Waals surface area contributed by atoms with E-state index in [2.05, 4.69) is 20.7 Å². The second-order valence-electron chi connectivity index (χ2n) is 9.87. The molecule has 0 spiro atoms. The first-order chi connectivity index (χ1) is 19.9. The molecule has 5 N–H and O–H groups in total. The van der Waals surface area contributed by atoms with Crippen LogP contribution in [0.4, 0.5) is 30.5 Å². The first-order valence-electron chi connectivity index (χ1n) is 12.4. The maximum atomic E-state index is 13.4. The molecule has 1 aliphatic heterocycles. The van der Waals surface area contributed by atoms with Gasteiger partial charge in [-0.25, -0.2) is 12.8 Å². The zero-order valence-electron chi connectivity index (χ0n) is 22.2. The Morgan fingerprint density at radius 2 is 1.88 bits per heavy atom. The average molecular weight is 607 g/mol. The monoisotopic (exact) mass is 606 g/mol. The summed E-state index contributed by atoms with van der Waals surface area (Å²) in [6.45, 7) is 4.48. The van der Waals surface area contributed by atoms with E-state index in [-0.39, 0.29) is 45.3 Å². The summed E-state index contributed by atoms with van der Waals surface area (Å²) < 4.78 is 81.9. The summed E-state index contributed by atoms with van der Waals surface area (Å²) in [5.74, 6) is -4.28. The molecule has 1 atom stereocenters. The first kappa shape index (κ1) is 28.9. The Morgan fingerprint density at radius 3 is 2.50 bits per heavy atom. The number of alkyl halides is 2. The number of nitrogens with two attached hydrogens (primary N) is 1. The lowest BCUT2D eigenvalue weighted by molar-refractivity contribution is -0.0619. The number of rotatable bonds is 11. The highest BCUT2D eigenvalue weighted by Crippen LogP contribution is 2.38. The Labute approximate surface area is 237 Å². The first-order valence-corrected chi connectivity index (χ1v) is 14.0. The third-order valence-electron chi connectivity index (χ3n) is 6.60. The van der Waals surface area contributed by atoms with Gasteiger partial charge in [-0.1, -0.05) is 23.4 Å². The second kappa shape index (κ2) is 11.0. The molecule has 42 heavy (non-hydrogen) atoms. The molecule has 1 aliphatic rings. The number of H-pyrrole nitrogens is 1. The summed E-state index contributed by atoms with van der Waals surface area (Å²) in [7, 11) is -5.06. The van der Waals surface area contributed by atoms with Gasteiger partial charge in [0.1, 0.15) is 40.5 Å². The summed E-state index contributed by atoms with van der Waals surface area (Å²) in [5, 5.41) is 13.7. The second-order valence-corrected chi connectivity index (χ2v) is 11.5. The van der Waals surface area contributed by atoms with E-state index in [1.54, 1.807) is 13.0 Å². The van der Waals surface area contributed by atoms with Crippen LogP contribution < -0.4 is 20.5 Å². The lowest BCUT2D eigenvalue weighted by Crippen LogP contribution is -2.43. The molecule has 1 saturated heterocycles. The number of aromatic nitrogens is 3. The number of primary amides is 1. The summed E-state index contributed by atoms with van der Waals surface area (Å²) in [6.07, 6.45) is -0.771. The number of sulfonamides is 1. The topological polar surface area (TPSA) is 174 Å². The van der Waals surface area contributed by atoms with Crippen LogP contribution in [0.2, 0.25) is 0 Å². The molecule has 16 heteroatoms. The van der Waals surface area contributed by atoms with Gasteiger partial charge in [0.05, 0.1) is 24.3 Å². The number of aromatic amines is 1. The minimum absolute atomic E-state index is 0.0515. The number of carbonyl (C=O) groups is 1. The van der Waals surface area contributed by atoms with Crippen LogP contribution in [0.5, 0.6) is 5.75 Å². The number of amides is 1. The lowest BCUT2D eigenvalue weighted by atomic mass is 9.86. The minimum atomic E-state index is -5.06. The molecule has 2 aromatic carbocycles. The van der Waals surface area contributed by atoms with Crippen molar-refractivity contribution in [3.8, 4) is 17.0 Å². The molecule has 12 nitrogen and oxygen atoms in total. The van der Waals surface area contributed by atoms with E-state index in [9.17, 15) is 26.4 Å². The Balaban J connectivity index is 1.49. The third kappa shape index (κ3) is 5.75. The Bertz CT molecular complexity index is 1720. The highest BCUT2D eigenvalue weighted by molar-refractivity contribution is 7.93. The van der Waals surface area contributed by atoms with Gasteiger partial charge >= 0.3 is 5.76 Å². The number of hydrogen-bond donors (Lipinski definition) is 4. The SMILES string of the molecule is C[C@H](Oc1cc(-c2n[nH]c(Nc3cc(C4(C)COC4)on3)c2C(N)=O)ccc1NS(=O)(=O)C(F)F)c1ccc(F)cc1. The molecular formula is C26H25F3N6O6S. The largest absolute Gasteiger partial charge is 0.484 e. The summed E-state index contributed by atoms with van der Waals surface area (Å²) in [4.78, 5) is 12.5. The molecule has 0 bridgehead atoms. The van der Waals surface area contributed by atoms with Crippen molar-refractivity contribution in [1.29, 1.82) is 0 Å². The van der Waals surface area contributed by atoms with Gasteiger partial charge in [-0.2, -0.15) is 13.9 Å². The standard InChI is InChI=1S/C26H25F3N6O6S/c1-13(14-3-6-16(27)7-4-14)40-18-9-15(5-8-17(18)35-42(37,38)25(28)29)22-21(23(30)36)24(33-32-22)31-20-10-19(41-34-20)26(2)11-39-12-26/h3-10,13,25,35H,11-12H2,1-2H3,(H2,30,36)(H2,31,32,33,34)/t13-/m0/s1. The highest BCUT2D eigenvalue weighted by Gasteiger charge is 2.39. The number of nitrogens with zero attached hydrogens (tertiary/aromatic N) is 2. The van der Waals surface area contributed by atoms with Gasteiger partial charge in [0.25, 0.3) is 15.9 Å². The van der Waals surface area contributed by atoms with E-state index in [4.69, 9.17) is 19.7 Å². The summed E-state index contributed by atoms with van der Waals surface area (Å²) in [5.41, 5.74) is 5.77. The highest BCUT2D eigenvalue weighted by atomic mass is 32.2. The normalized spacial score (nSPS) is 15.2. The smallest absolute Gasteiger partial charge is 0.355 e. The van der Waals surface area contributed by atoms with Crippen LogP contribution in [-0.4, -0.2) is 48.7 Å². The molecule has 0 saturated carbocycles. The van der Waals surface area contributed by atoms with Crippen LogP contribution in [0.25, 0.3) is 11.3 Å². The van der Waals surface area contributed by atoms with Crippen molar-refractivity contribution in [3.05, 3.63) is 71.2 Å². The fraction of sp³-hybridized carbons (Fsp3) is 0.269. The molecule has 5 rings (SSSR count). The molecule has 0 unspecified atom stereocenters. The van der Waals surface area contributed by atoms with Crippen molar-refractivity contribution in [2.75, 3.05) is 23.3 Å². The van der Waals surface area contributed by atoms with Crippen LogP contribution in [0.1, 0.15) is 41.6 Å². The van der Waals surface area contributed by atoms with E-state index in [0.29, 0.717) is 24.5 Å². The summed E-state index contributed by atoms with van der Waals surface area (Å²) >= 11 is 0. The number of carbonyl (C=O) groups excluding carboxylic acids is 1. The number of halogens is 3. The molecule has 2 aromatic heterocycles. The number of ether oxygens (including phenoxy) is 2. The predicted octanol–water partition coefficient (Wildman–Crippen LogP) is 4.44. The van der Waals surface area contributed by atoms with Crippen LogP contribution in [0.3, 0.4) is 0 Å². The van der Waals surface area contributed by atoms with Gasteiger partial charge in [-0.3, -0.25) is 14.6 Å². The fourth-order valence-electron chi connectivity index (χ4n) is 4.22. The minimum Gasteiger partial charge on any atom is -0.484 e. The van der Waals surface area contributed by atoms with Crippen molar-refractivity contribution in [2.24, 2.45) is 5.73 Å². The molecule has 3 heterocycles. The van der Waals surface area contributed by atoms with Gasteiger partial charge in [-0.05, 0) is 43.7 Å². The molecule has 1 amide bonds. The zero-order valence-corrected chi connectivity index (χ0v) is 23.0. The van der Waals surface area contributed by atoms with Crippen molar-refractivity contribution in [3.63, 3.8) is 0 Å². The number of anilines is 3. The van der Waals surface area contributed by atoms with Gasteiger partial charge in [0.15, 0.2) is 5.82 Å². The van der Waals surface area contributed by atoms with E-state index in [1.165, 1.54) is 42.5 Å². The van der Waals surface area contributed by atoms with Gasteiger partial charge in [0, 0.05) is 11.6 Å². The Morgan fingerprint density at radius 1 is 1.17 bits per heavy atom.